The van der Waals surface area contributed by atoms with Crippen molar-refractivity contribution in [3.63, 3.8) is 0 Å². The molecule has 11 nitrogen and oxygen atoms in total. The Bertz CT molecular complexity index is 1920. The minimum atomic E-state index is -0.102. The van der Waals surface area contributed by atoms with Crippen LogP contribution in [0.5, 0.6) is 0 Å². The Labute approximate surface area is 459 Å². The van der Waals surface area contributed by atoms with Gasteiger partial charge in [-0.05, 0) is 127 Å². The van der Waals surface area contributed by atoms with Gasteiger partial charge in [0.1, 0.15) is 0 Å². The summed E-state index contributed by atoms with van der Waals surface area (Å²) in [6.07, 6.45) is 14.1. The molecule has 4 aliphatic rings. The predicted molar refractivity (Wildman–Crippen MR) is 318 cm³/mol. The first-order valence-corrected chi connectivity index (χ1v) is 27.5. The number of hydrogen-bond donors (Lipinski definition) is 1. The van der Waals surface area contributed by atoms with Crippen molar-refractivity contribution in [2.45, 2.75) is 163 Å². The minimum absolute atomic E-state index is 0.00939. The first kappa shape index (κ1) is 73.7. The maximum atomic E-state index is 11.5. The molecule has 5 amide bonds. The van der Waals surface area contributed by atoms with E-state index in [2.05, 4.69) is 133 Å². The molecule has 4 fully saturated rings. The lowest BCUT2D eigenvalue weighted by atomic mass is 9.75. The molecule has 0 radical (unpaired) electrons. The number of ketones is 1. The molecule has 1 N–H and O–H groups in total. The summed E-state index contributed by atoms with van der Waals surface area (Å²) in [5.41, 5.74) is 2.27. The van der Waals surface area contributed by atoms with Gasteiger partial charge in [0, 0.05) is 65.3 Å². The van der Waals surface area contributed by atoms with Gasteiger partial charge in [-0.1, -0.05) is 180 Å². The second kappa shape index (κ2) is 39.0. The molecular weight excluding hydrogens is 935 g/mol. The molecule has 0 aromatic heterocycles. The second-order valence-electron chi connectivity index (χ2n) is 23.0. The molecule has 0 aliphatic carbocycles. The Balaban J connectivity index is -0.000000824. The number of nitrogens with one attached hydrogen (secondary N) is 1. The Hall–Kier alpha value is -5.50. The van der Waals surface area contributed by atoms with E-state index in [1.165, 1.54) is 30.4 Å². The number of nitrogens with zero attached hydrogens (tertiary/aromatic N) is 4. The molecule has 4 heterocycles. The van der Waals surface area contributed by atoms with E-state index in [0.29, 0.717) is 35.1 Å². The van der Waals surface area contributed by atoms with Crippen LogP contribution in [-0.4, -0.2) is 114 Å². The van der Waals surface area contributed by atoms with Gasteiger partial charge in [0.25, 0.3) is 5.91 Å². The van der Waals surface area contributed by atoms with Crippen LogP contribution in [0.1, 0.15) is 162 Å². The van der Waals surface area contributed by atoms with Crippen molar-refractivity contribution in [3.05, 3.63) is 99.2 Å². The smallest absolute Gasteiger partial charge is 0.298 e. The summed E-state index contributed by atoms with van der Waals surface area (Å²) < 4.78 is 0. The van der Waals surface area contributed by atoms with Crippen molar-refractivity contribution in [1.82, 2.24) is 24.9 Å². The number of rotatable bonds is 8. The quantitative estimate of drug-likeness (QED) is 0.204. The van der Waals surface area contributed by atoms with Crippen LogP contribution < -0.4 is 5.32 Å². The number of likely N-dealkylation sites (tertiary alicyclic amines) is 4. The molecule has 5 rings (SSSR count). The summed E-state index contributed by atoms with van der Waals surface area (Å²) in [5, 5.41) is 2.72. The minimum Gasteiger partial charge on any atom is -0.352 e. The van der Waals surface area contributed by atoms with Crippen molar-refractivity contribution < 1.29 is 28.8 Å². The van der Waals surface area contributed by atoms with E-state index in [-0.39, 0.29) is 40.7 Å². The number of amides is 5. The molecule has 0 saturated carbocycles. The molecule has 75 heavy (non-hydrogen) atoms. The number of carbonyl (C=O) groups excluding carboxylic acids is 6. The number of carbonyl (C=O) groups is 6. The Morgan fingerprint density at radius 3 is 1.24 bits per heavy atom. The molecule has 0 atom stereocenters. The van der Waals surface area contributed by atoms with Crippen molar-refractivity contribution in [2.24, 2.45) is 39.4 Å². The van der Waals surface area contributed by atoms with Gasteiger partial charge in [-0.3, -0.25) is 28.8 Å². The molecule has 11 heteroatoms. The number of hydrogen-bond acceptors (Lipinski definition) is 6. The molecular formula is C64H107N5O6. The topological polar surface area (TPSA) is 127 Å². The van der Waals surface area contributed by atoms with Crippen LogP contribution in [0.15, 0.2) is 93.6 Å². The zero-order valence-electron chi connectivity index (χ0n) is 50.6. The number of benzene rings is 1. The molecule has 424 valence electrons. The fraction of sp³-hybridized carbons (Fsp3) is 0.625. The third-order valence-electron chi connectivity index (χ3n) is 13.1. The molecule has 4 aliphatic heterocycles. The highest BCUT2D eigenvalue weighted by Crippen LogP contribution is 2.36. The lowest BCUT2D eigenvalue weighted by Crippen LogP contribution is -2.54. The van der Waals surface area contributed by atoms with E-state index in [1.54, 1.807) is 6.92 Å². The summed E-state index contributed by atoms with van der Waals surface area (Å²) >= 11 is 0. The summed E-state index contributed by atoms with van der Waals surface area (Å²) in [5.74, 6) is 7.58. The van der Waals surface area contributed by atoms with E-state index in [9.17, 15) is 28.8 Å². The van der Waals surface area contributed by atoms with E-state index in [0.717, 1.165) is 108 Å². The molecule has 1 aromatic rings. The average molecular weight is 1040 g/mol. The normalized spacial score (nSPS) is 15.4. The maximum Gasteiger partial charge on any atom is 0.298 e. The van der Waals surface area contributed by atoms with Gasteiger partial charge in [0.05, 0.1) is 0 Å². The predicted octanol–water partition coefficient (Wildman–Crippen LogP) is 12.6. The van der Waals surface area contributed by atoms with Crippen molar-refractivity contribution in [3.8, 4) is 11.8 Å². The van der Waals surface area contributed by atoms with Crippen LogP contribution in [0.3, 0.4) is 0 Å². The highest BCUT2D eigenvalue weighted by molar-refractivity contribution is 5.93. The number of piperidine rings is 2. The van der Waals surface area contributed by atoms with Crippen LogP contribution in [0.2, 0.25) is 0 Å². The number of allylic oxidation sites excluding steroid dienone is 1. The third-order valence-corrected chi connectivity index (χ3v) is 13.1. The first-order valence-electron chi connectivity index (χ1n) is 27.5. The molecule has 4 saturated heterocycles. The zero-order valence-corrected chi connectivity index (χ0v) is 50.6. The third kappa shape index (κ3) is 33.9. The van der Waals surface area contributed by atoms with Gasteiger partial charge in [-0.25, -0.2) is 0 Å². The summed E-state index contributed by atoms with van der Waals surface area (Å²) in [6.45, 7) is 61.2. The Morgan fingerprint density at radius 2 is 0.907 bits per heavy atom. The summed E-state index contributed by atoms with van der Waals surface area (Å²) in [4.78, 5) is 73.7. The largest absolute Gasteiger partial charge is 0.352 e. The van der Waals surface area contributed by atoms with Gasteiger partial charge < -0.3 is 24.9 Å². The monoisotopic (exact) mass is 1040 g/mol. The van der Waals surface area contributed by atoms with Crippen LogP contribution in [0, 0.1) is 51.3 Å². The van der Waals surface area contributed by atoms with Crippen LogP contribution in [0.4, 0.5) is 0 Å². The maximum absolute atomic E-state index is 11.5. The first-order chi connectivity index (χ1) is 35.0. The highest BCUT2D eigenvalue weighted by Gasteiger charge is 2.37. The van der Waals surface area contributed by atoms with Crippen molar-refractivity contribution in [2.75, 3.05) is 58.9 Å². The van der Waals surface area contributed by atoms with E-state index >= 15 is 0 Å². The molecule has 0 unspecified atom stereocenters. The molecule has 1 aromatic carbocycles. The van der Waals surface area contributed by atoms with Gasteiger partial charge in [-0.2, -0.15) is 0 Å². The second-order valence-corrected chi connectivity index (χ2v) is 23.0. The SMILES string of the molecule is C=CC(=O)Cc1ccccc1.C=CC(=O)N1CC(C(C)(C)C)C1.C=CC(=O)N1CCC(C(C)(C)C)CC1.C=CC(=O)N1CCCC1.C=CC(=O)NCC(C)(C)C.CC.CC.CC#CC(=O)N1CCC(C(C)(C)C)CC1. The van der Waals surface area contributed by atoms with E-state index < -0.39 is 0 Å². The fourth-order valence-corrected chi connectivity index (χ4v) is 7.93. The highest BCUT2D eigenvalue weighted by atomic mass is 16.2. The van der Waals surface area contributed by atoms with Crippen molar-refractivity contribution >= 4 is 35.3 Å². The lowest BCUT2D eigenvalue weighted by Gasteiger charge is -2.45. The van der Waals surface area contributed by atoms with Gasteiger partial charge in [-0.15, -0.1) is 0 Å². The standard InChI is InChI=1S/C13H21NO.C12H21NO.C10H17NO.C10H10O.C8H15NO.C7H11NO.2C2H6/c1-5-6-12(15)14-9-7-11(8-10-14)13(2,3)4;1-5-11(14)13-8-6-10(7-9-13)12(2,3)4;1-5-9(12)11-6-8(7-11)10(2,3)4;1-2-10(11)8-9-6-4-3-5-7-9;1-5-7(10)9-6-8(2,3)4;1-2-7(9)8-5-3-4-6-8;2*1-2/h11H,7-10H2,1-4H3;5,10H,1,6-9H2,2-4H3;5,8H,1,6-7H2,2-4H3;2-7H,1,8H2;5H,1,6H2,2-4H3,(H,9,10);2H,1,3-6H2;2*1-2H3. The molecule has 0 spiro atoms. The zero-order chi connectivity index (χ0) is 58.6. The summed E-state index contributed by atoms with van der Waals surface area (Å²) in [6, 6.07) is 9.64. The lowest BCUT2D eigenvalue weighted by molar-refractivity contribution is -0.135. The average Bonchev–Trinajstić information content (AvgIpc) is 3.92. The van der Waals surface area contributed by atoms with Gasteiger partial charge >= 0.3 is 0 Å². The Kier molecular flexibility index (Phi) is 38.3. The van der Waals surface area contributed by atoms with E-state index in [1.807, 2.05) is 77.6 Å². The van der Waals surface area contributed by atoms with E-state index in [4.69, 9.17) is 0 Å². The van der Waals surface area contributed by atoms with Crippen LogP contribution in [0.25, 0.3) is 0 Å². The fourth-order valence-electron chi connectivity index (χ4n) is 7.93. The summed E-state index contributed by atoms with van der Waals surface area (Å²) in [7, 11) is 0. The Morgan fingerprint density at radius 1 is 0.533 bits per heavy atom. The van der Waals surface area contributed by atoms with Crippen LogP contribution in [-0.2, 0) is 35.2 Å². The van der Waals surface area contributed by atoms with Crippen molar-refractivity contribution in [1.29, 1.82) is 0 Å². The molecule has 0 bridgehead atoms. The van der Waals surface area contributed by atoms with Gasteiger partial charge in [0.15, 0.2) is 5.78 Å². The van der Waals surface area contributed by atoms with Gasteiger partial charge in [0.2, 0.25) is 23.6 Å². The van der Waals surface area contributed by atoms with Crippen LogP contribution >= 0.6 is 0 Å².